The van der Waals surface area contributed by atoms with Gasteiger partial charge in [0.1, 0.15) is 11.5 Å². The molecule has 0 fully saturated rings. The van der Waals surface area contributed by atoms with Gasteiger partial charge in [-0.1, -0.05) is 168 Å². The van der Waals surface area contributed by atoms with Crippen molar-refractivity contribution in [1.29, 1.82) is 0 Å². The lowest BCUT2D eigenvalue weighted by molar-refractivity contribution is 0.369. The monoisotopic (exact) mass is 648 g/mol. The van der Waals surface area contributed by atoms with E-state index in [1.165, 1.54) is 11.1 Å². The standard InChI is InChI=1S/C44H60N2O2/c1-41(2,3)33-23-31(39(47)35(25-33)43(7,8)9)27-45-37(29-19-15-13-16-20-29)38(30-21-17-14-18-22-30)46-28-32-24-34(42(4,5)6)26-36(40(32)48)44(10,11)12/h13-26,37-38,45-48H,27-28H2,1-12H3. The molecule has 48 heavy (non-hydrogen) atoms. The third-order valence-electron chi connectivity index (χ3n) is 9.40. The average Bonchev–Trinajstić information content (AvgIpc) is 2.98. The summed E-state index contributed by atoms with van der Waals surface area (Å²) in [6.45, 7) is 27.2. The predicted octanol–water partition coefficient (Wildman–Crippen LogP) is 10.6. The lowest BCUT2D eigenvalue weighted by atomic mass is 9.78. The minimum Gasteiger partial charge on any atom is -0.507 e. The van der Waals surface area contributed by atoms with Gasteiger partial charge < -0.3 is 20.8 Å². The smallest absolute Gasteiger partial charge is 0.123 e. The quantitative estimate of drug-likeness (QED) is 0.146. The number of hydrogen-bond acceptors (Lipinski definition) is 4. The van der Waals surface area contributed by atoms with Gasteiger partial charge in [-0.2, -0.15) is 0 Å². The molecule has 0 spiro atoms. The number of nitrogens with one attached hydrogen (secondary N) is 2. The summed E-state index contributed by atoms with van der Waals surface area (Å²) in [5.41, 5.74) is 7.87. The fourth-order valence-electron chi connectivity index (χ4n) is 6.28. The number of aromatic hydroxyl groups is 2. The Bertz CT molecular complexity index is 1540. The molecule has 4 rings (SSSR count). The Labute approximate surface area is 291 Å². The molecule has 0 heterocycles. The molecule has 0 bridgehead atoms. The Hall–Kier alpha value is -3.60. The van der Waals surface area contributed by atoms with E-state index in [1.807, 2.05) is 12.1 Å². The first-order chi connectivity index (χ1) is 22.2. The van der Waals surface area contributed by atoms with Crippen LogP contribution < -0.4 is 10.6 Å². The molecule has 0 aliphatic carbocycles. The van der Waals surface area contributed by atoms with Gasteiger partial charge in [-0.25, -0.2) is 0 Å². The molecule has 4 heteroatoms. The molecule has 2 unspecified atom stereocenters. The zero-order chi connectivity index (χ0) is 35.7. The number of rotatable bonds is 9. The summed E-state index contributed by atoms with van der Waals surface area (Å²) in [7, 11) is 0. The van der Waals surface area contributed by atoms with Gasteiger partial charge in [-0.3, -0.25) is 0 Å². The van der Waals surface area contributed by atoms with E-state index in [0.29, 0.717) is 24.6 Å². The molecule has 0 amide bonds. The van der Waals surface area contributed by atoms with Crippen LogP contribution in [0.3, 0.4) is 0 Å². The first kappa shape index (κ1) is 37.2. The van der Waals surface area contributed by atoms with Crippen molar-refractivity contribution in [2.24, 2.45) is 0 Å². The van der Waals surface area contributed by atoms with Crippen molar-refractivity contribution >= 4 is 0 Å². The molecule has 2 atom stereocenters. The van der Waals surface area contributed by atoms with E-state index in [4.69, 9.17) is 0 Å². The normalized spacial score (nSPS) is 14.2. The third-order valence-corrected chi connectivity index (χ3v) is 9.40. The maximum absolute atomic E-state index is 11.6. The van der Waals surface area contributed by atoms with Crippen LogP contribution in [0.1, 0.15) is 140 Å². The van der Waals surface area contributed by atoms with Gasteiger partial charge in [0.05, 0.1) is 12.1 Å². The van der Waals surface area contributed by atoms with Gasteiger partial charge in [0.15, 0.2) is 0 Å². The first-order valence-corrected chi connectivity index (χ1v) is 17.5. The van der Waals surface area contributed by atoms with Gasteiger partial charge in [0.25, 0.3) is 0 Å². The Kier molecular flexibility index (Phi) is 10.9. The van der Waals surface area contributed by atoms with Crippen molar-refractivity contribution in [2.75, 3.05) is 0 Å². The summed E-state index contributed by atoms with van der Waals surface area (Å²) in [5.74, 6) is 0.718. The van der Waals surface area contributed by atoms with Crippen molar-refractivity contribution in [3.63, 3.8) is 0 Å². The second kappa shape index (κ2) is 14.1. The summed E-state index contributed by atoms with van der Waals surface area (Å²) in [6, 6.07) is 29.4. The van der Waals surface area contributed by atoms with Gasteiger partial charge in [0, 0.05) is 24.2 Å². The summed E-state index contributed by atoms with van der Waals surface area (Å²) in [6.07, 6.45) is 0. The van der Waals surface area contributed by atoms with Gasteiger partial charge >= 0.3 is 0 Å². The topological polar surface area (TPSA) is 64.5 Å². The minimum absolute atomic E-state index is 0.0646. The van der Waals surface area contributed by atoms with E-state index in [0.717, 1.165) is 33.4 Å². The molecule has 0 aromatic heterocycles. The number of benzene rings is 4. The molecule has 0 aliphatic rings. The van der Waals surface area contributed by atoms with Crippen LogP contribution >= 0.6 is 0 Å². The average molecular weight is 649 g/mol. The SMILES string of the molecule is CC(C)(C)c1cc(CNC(c2ccccc2)C(NCc2cc(C(C)(C)C)cc(C(C)(C)C)c2O)c2ccccc2)c(O)c(C(C)(C)C)c1. The zero-order valence-corrected chi connectivity index (χ0v) is 31.5. The maximum Gasteiger partial charge on any atom is 0.123 e. The summed E-state index contributed by atoms with van der Waals surface area (Å²) in [4.78, 5) is 0. The Balaban J connectivity index is 1.80. The Morgan fingerprint density at radius 3 is 1.04 bits per heavy atom. The highest BCUT2D eigenvalue weighted by molar-refractivity contribution is 5.50. The van der Waals surface area contributed by atoms with E-state index in [1.54, 1.807) is 0 Å². The molecule has 0 aliphatic heterocycles. The largest absolute Gasteiger partial charge is 0.507 e. The zero-order valence-electron chi connectivity index (χ0n) is 31.5. The highest BCUT2D eigenvalue weighted by Crippen LogP contribution is 2.40. The summed E-state index contributed by atoms with van der Waals surface area (Å²) in [5, 5.41) is 31.0. The van der Waals surface area contributed by atoms with E-state index in [9.17, 15) is 10.2 Å². The first-order valence-electron chi connectivity index (χ1n) is 17.5. The molecular weight excluding hydrogens is 588 g/mol. The van der Waals surface area contributed by atoms with E-state index in [2.05, 4.69) is 167 Å². The molecule has 4 N–H and O–H groups in total. The predicted molar refractivity (Wildman–Crippen MR) is 203 cm³/mol. The van der Waals surface area contributed by atoms with Gasteiger partial charge in [-0.15, -0.1) is 0 Å². The van der Waals surface area contributed by atoms with Crippen molar-refractivity contribution in [3.05, 3.63) is 129 Å². The molecule has 258 valence electrons. The van der Waals surface area contributed by atoms with Crippen LogP contribution in [0.25, 0.3) is 0 Å². The van der Waals surface area contributed by atoms with Crippen LogP contribution in [-0.4, -0.2) is 10.2 Å². The number of hydrogen-bond donors (Lipinski definition) is 4. The highest BCUT2D eigenvalue weighted by atomic mass is 16.3. The maximum atomic E-state index is 11.6. The van der Waals surface area contributed by atoms with Crippen LogP contribution in [0, 0.1) is 0 Å². The van der Waals surface area contributed by atoms with Crippen LogP contribution in [0.15, 0.2) is 84.9 Å². The van der Waals surface area contributed by atoms with Crippen molar-refractivity contribution in [1.82, 2.24) is 10.6 Å². The second-order valence-corrected chi connectivity index (χ2v) is 17.6. The van der Waals surface area contributed by atoms with E-state index >= 15 is 0 Å². The molecule has 4 nitrogen and oxygen atoms in total. The Morgan fingerprint density at radius 1 is 0.458 bits per heavy atom. The third kappa shape index (κ3) is 8.89. The second-order valence-electron chi connectivity index (χ2n) is 17.6. The highest BCUT2D eigenvalue weighted by Gasteiger charge is 2.29. The fourth-order valence-corrected chi connectivity index (χ4v) is 6.28. The van der Waals surface area contributed by atoms with Crippen molar-refractivity contribution in [2.45, 2.75) is 130 Å². The van der Waals surface area contributed by atoms with Crippen LogP contribution in [0.2, 0.25) is 0 Å². The molecular formula is C44H60N2O2. The van der Waals surface area contributed by atoms with Crippen LogP contribution in [0.4, 0.5) is 0 Å². The minimum atomic E-state index is -0.206. The lowest BCUT2D eigenvalue weighted by Crippen LogP contribution is -2.35. The summed E-state index contributed by atoms with van der Waals surface area (Å²) < 4.78 is 0. The van der Waals surface area contributed by atoms with Crippen molar-refractivity contribution < 1.29 is 10.2 Å². The van der Waals surface area contributed by atoms with Crippen molar-refractivity contribution in [3.8, 4) is 11.5 Å². The van der Waals surface area contributed by atoms with Crippen LogP contribution in [0.5, 0.6) is 11.5 Å². The molecule has 0 radical (unpaired) electrons. The number of phenolic OH excluding ortho intramolecular Hbond substituents is 2. The molecule has 4 aromatic rings. The molecule has 4 aromatic carbocycles. The van der Waals surface area contributed by atoms with Gasteiger partial charge in [0.2, 0.25) is 0 Å². The summed E-state index contributed by atoms with van der Waals surface area (Å²) >= 11 is 0. The van der Waals surface area contributed by atoms with Gasteiger partial charge in [-0.05, 0) is 55.0 Å². The fraction of sp³-hybridized carbons (Fsp3) is 0.455. The Morgan fingerprint density at radius 2 is 0.771 bits per heavy atom. The van der Waals surface area contributed by atoms with E-state index < -0.39 is 0 Å². The van der Waals surface area contributed by atoms with E-state index in [-0.39, 0.29) is 33.7 Å². The number of phenols is 2. The molecule has 0 saturated carbocycles. The molecule has 0 saturated heterocycles. The van der Waals surface area contributed by atoms with Crippen LogP contribution in [-0.2, 0) is 34.7 Å². The lowest BCUT2D eigenvalue weighted by Gasteiger charge is -2.32.